The van der Waals surface area contributed by atoms with Gasteiger partial charge < -0.3 is 4.57 Å². The standard InChI is InChI=1S/C15H13N3/c1-18-10-4-5-13(18)9-8-12-11-16-14-6-2-3-7-15(14)17-12/h2-11H,1H3/b9-8+. The average molecular weight is 235 g/mol. The van der Waals surface area contributed by atoms with Crippen LogP contribution in [0.2, 0.25) is 0 Å². The summed E-state index contributed by atoms with van der Waals surface area (Å²) < 4.78 is 2.06. The number of fused-ring (bicyclic) bond motifs is 1. The molecule has 3 heteroatoms. The molecular formula is C15H13N3. The van der Waals surface area contributed by atoms with Gasteiger partial charge >= 0.3 is 0 Å². The maximum Gasteiger partial charge on any atom is 0.0894 e. The van der Waals surface area contributed by atoms with E-state index in [4.69, 9.17) is 0 Å². The van der Waals surface area contributed by atoms with E-state index >= 15 is 0 Å². The summed E-state index contributed by atoms with van der Waals surface area (Å²) in [6.07, 6.45) is 7.83. The molecule has 0 saturated heterocycles. The fourth-order valence-electron chi connectivity index (χ4n) is 1.87. The van der Waals surface area contributed by atoms with Crippen LogP contribution in [0.15, 0.2) is 48.8 Å². The van der Waals surface area contributed by atoms with Crippen LogP contribution in [-0.4, -0.2) is 14.5 Å². The maximum absolute atomic E-state index is 4.55. The van der Waals surface area contributed by atoms with E-state index in [9.17, 15) is 0 Å². The molecule has 0 fully saturated rings. The minimum atomic E-state index is 0.870. The van der Waals surface area contributed by atoms with Gasteiger partial charge in [-0.15, -0.1) is 0 Å². The zero-order valence-electron chi connectivity index (χ0n) is 10.1. The predicted octanol–water partition coefficient (Wildman–Crippen LogP) is 3.14. The van der Waals surface area contributed by atoms with Gasteiger partial charge in [-0.1, -0.05) is 12.1 Å². The van der Waals surface area contributed by atoms with Crippen LogP contribution in [0.4, 0.5) is 0 Å². The number of hydrogen-bond acceptors (Lipinski definition) is 2. The van der Waals surface area contributed by atoms with Gasteiger partial charge in [0.25, 0.3) is 0 Å². The lowest BCUT2D eigenvalue weighted by molar-refractivity contribution is 0.915. The average Bonchev–Trinajstić information content (AvgIpc) is 2.82. The van der Waals surface area contributed by atoms with E-state index in [1.807, 2.05) is 55.7 Å². The van der Waals surface area contributed by atoms with Crippen molar-refractivity contribution in [1.82, 2.24) is 14.5 Å². The molecule has 18 heavy (non-hydrogen) atoms. The second-order valence-corrected chi connectivity index (χ2v) is 4.16. The smallest absolute Gasteiger partial charge is 0.0894 e. The van der Waals surface area contributed by atoms with E-state index in [0.29, 0.717) is 0 Å². The van der Waals surface area contributed by atoms with E-state index in [1.54, 1.807) is 6.20 Å². The van der Waals surface area contributed by atoms with Crippen molar-refractivity contribution < 1.29 is 0 Å². The lowest BCUT2D eigenvalue weighted by Crippen LogP contribution is -1.88. The summed E-state index contributed by atoms with van der Waals surface area (Å²) in [5.74, 6) is 0. The molecule has 1 aromatic carbocycles. The van der Waals surface area contributed by atoms with Crippen molar-refractivity contribution in [2.45, 2.75) is 0 Å². The Hall–Kier alpha value is -2.42. The van der Waals surface area contributed by atoms with E-state index in [2.05, 4.69) is 20.6 Å². The number of benzene rings is 1. The molecule has 0 bridgehead atoms. The fourth-order valence-corrected chi connectivity index (χ4v) is 1.87. The number of nitrogens with zero attached hydrogens (tertiary/aromatic N) is 3. The molecule has 88 valence electrons. The van der Waals surface area contributed by atoms with Crippen LogP contribution >= 0.6 is 0 Å². The topological polar surface area (TPSA) is 30.7 Å². The van der Waals surface area contributed by atoms with Gasteiger partial charge in [0.1, 0.15) is 0 Å². The number of aromatic nitrogens is 3. The summed E-state index contributed by atoms with van der Waals surface area (Å²) in [5, 5.41) is 0. The molecule has 2 heterocycles. The minimum Gasteiger partial charge on any atom is -0.351 e. The molecular weight excluding hydrogens is 222 g/mol. The number of hydrogen-bond donors (Lipinski definition) is 0. The monoisotopic (exact) mass is 235 g/mol. The molecule has 0 aliphatic heterocycles. The van der Waals surface area contributed by atoms with Gasteiger partial charge in [-0.2, -0.15) is 0 Å². The summed E-state index contributed by atoms with van der Waals surface area (Å²) in [5.41, 5.74) is 3.86. The maximum atomic E-state index is 4.55. The molecule has 0 saturated carbocycles. The van der Waals surface area contributed by atoms with Crippen LogP contribution in [0.1, 0.15) is 11.4 Å². The first-order valence-corrected chi connectivity index (χ1v) is 5.84. The van der Waals surface area contributed by atoms with Crippen LogP contribution in [-0.2, 0) is 7.05 Å². The molecule has 0 aliphatic rings. The zero-order valence-corrected chi connectivity index (χ0v) is 10.1. The second kappa shape index (κ2) is 4.45. The molecule has 0 atom stereocenters. The van der Waals surface area contributed by atoms with Crippen molar-refractivity contribution in [3.8, 4) is 0 Å². The number of para-hydroxylation sites is 2. The molecule has 3 aromatic rings. The minimum absolute atomic E-state index is 0.870. The van der Waals surface area contributed by atoms with E-state index in [1.165, 1.54) is 0 Å². The molecule has 0 N–H and O–H groups in total. The Morgan fingerprint density at radius 3 is 2.61 bits per heavy atom. The van der Waals surface area contributed by atoms with E-state index in [-0.39, 0.29) is 0 Å². The molecule has 0 aliphatic carbocycles. The van der Waals surface area contributed by atoms with Crippen LogP contribution in [0, 0.1) is 0 Å². The Morgan fingerprint density at radius 2 is 1.83 bits per heavy atom. The normalized spacial score (nSPS) is 11.4. The van der Waals surface area contributed by atoms with Crippen molar-refractivity contribution in [2.24, 2.45) is 7.05 Å². The van der Waals surface area contributed by atoms with Gasteiger partial charge in [-0.05, 0) is 36.4 Å². The van der Waals surface area contributed by atoms with Gasteiger partial charge in [0.2, 0.25) is 0 Å². The highest BCUT2D eigenvalue weighted by Crippen LogP contribution is 2.11. The third-order valence-electron chi connectivity index (χ3n) is 2.88. The second-order valence-electron chi connectivity index (χ2n) is 4.16. The first-order valence-electron chi connectivity index (χ1n) is 5.84. The lowest BCUT2D eigenvalue weighted by Gasteiger charge is -1.98. The molecule has 3 nitrogen and oxygen atoms in total. The molecule has 2 aromatic heterocycles. The molecule has 0 unspecified atom stereocenters. The van der Waals surface area contributed by atoms with Gasteiger partial charge in [0, 0.05) is 18.9 Å². The highest BCUT2D eigenvalue weighted by atomic mass is 14.9. The zero-order chi connectivity index (χ0) is 12.4. The first-order chi connectivity index (χ1) is 8.83. The quantitative estimate of drug-likeness (QED) is 0.683. The van der Waals surface area contributed by atoms with Crippen LogP contribution in [0.5, 0.6) is 0 Å². The van der Waals surface area contributed by atoms with Gasteiger partial charge in [0.05, 0.1) is 22.9 Å². The Kier molecular flexibility index (Phi) is 2.65. The lowest BCUT2D eigenvalue weighted by atomic mass is 10.3. The van der Waals surface area contributed by atoms with Gasteiger partial charge in [-0.25, -0.2) is 4.98 Å². The molecule has 3 rings (SSSR count). The van der Waals surface area contributed by atoms with Gasteiger partial charge in [-0.3, -0.25) is 4.98 Å². The van der Waals surface area contributed by atoms with Crippen molar-refractivity contribution in [2.75, 3.05) is 0 Å². The van der Waals surface area contributed by atoms with E-state index < -0.39 is 0 Å². The largest absolute Gasteiger partial charge is 0.351 e. The summed E-state index contributed by atoms with van der Waals surface area (Å²) in [4.78, 5) is 8.93. The highest BCUT2D eigenvalue weighted by Gasteiger charge is 1.96. The SMILES string of the molecule is Cn1cccc1/C=C/c1cnc2ccccc2n1. The summed E-state index contributed by atoms with van der Waals surface area (Å²) in [6, 6.07) is 12.0. The van der Waals surface area contributed by atoms with Crippen molar-refractivity contribution >= 4 is 23.2 Å². The summed E-state index contributed by atoms with van der Waals surface area (Å²) in [7, 11) is 2.02. The Balaban J connectivity index is 1.95. The molecule has 0 amide bonds. The number of aryl methyl sites for hydroxylation is 1. The predicted molar refractivity (Wildman–Crippen MR) is 73.9 cm³/mol. The van der Waals surface area contributed by atoms with Crippen LogP contribution < -0.4 is 0 Å². The summed E-state index contributed by atoms with van der Waals surface area (Å²) in [6.45, 7) is 0. The van der Waals surface area contributed by atoms with Crippen molar-refractivity contribution in [3.05, 3.63) is 60.2 Å². The van der Waals surface area contributed by atoms with Crippen LogP contribution in [0.3, 0.4) is 0 Å². The third kappa shape index (κ3) is 2.02. The third-order valence-corrected chi connectivity index (χ3v) is 2.88. The fraction of sp³-hybridized carbons (Fsp3) is 0.0667. The van der Waals surface area contributed by atoms with Crippen LogP contribution in [0.25, 0.3) is 23.2 Å². The summed E-state index contributed by atoms with van der Waals surface area (Å²) >= 11 is 0. The van der Waals surface area contributed by atoms with Crippen molar-refractivity contribution in [1.29, 1.82) is 0 Å². The van der Waals surface area contributed by atoms with Crippen molar-refractivity contribution in [3.63, 3.8) is 0 Å². The first kappa shape index (κ1) is 10.7. The van der Waals surface area contributed by atoms with E-state index in [0.717, 1.165) is 22.4 Å². The number of rotatable bonds is 2. The Bertz CT molecular complexity index is 710. The molecule has 0 spiro atoms. The Labute approximate surface area is 105 Å². The molecule has 0 radical (unpaired) electrons. The Morgan fingerprint density at radius 1 is 1.00 bits per heavy atom. The van der Waals surface area contributed by atoms with Gasteiger partial charge in [0.15, 0.2) is 0 Å². The highest BCUT2D eigenvalue weighted by molar-refractivity contribution is 5.76.